The zero-order chi connectivity index (χ0) is 12.0. The smallest absolute Gasteiger partial charge is 0.337 e. The van der Waals surface area contributed by atoms with E-state index in [1.165, 1.54) is 6.42 Å². The van der Waals surface area contributed by atoms with E-state index in [0.717, 1.165) is 25.7 Å². The van der Waals surface area contributed by atoms with E-state index in [0.29, 0.717) is 29.8 Å². The van der Waals surface area contributed by atoms with Crippen molar-refractivity contribution in [2.24, 2.45) is 23.7 Å². The van der Waals surface area contributed by atoms with Crippen LogP contribution >= 0.6 is 0 Å². The summed E-state index contributed by atoms with van der Waals surface area (Å²) < 4.78 is 5.11. The maximum Gasteiger partial charge on any atom is 0.337 e. The Labute approximate surface area is 102 Å². The number of esters is 1. The van der Waals surface area contributed by atoms with Gasteiger partial charge in [-0.1, -0.05) is 0 Å². The third kappa shape index (κ3) is 1.76. The Kier molecular flexibility index (Phi) is 2.64. The van der Waals surface area contributed by atoms with Gasteiger partial charge in [-0.05, 0) is 56.8 Å². The summed E-state index contributed by atoms with van der Waals surface area (Å²) in [6, 6.07) is 0. The molecule has 4 aliphatic carbocycles. The van der Waals surface area contributed by atoms with E-state index in [9.17, 15) is 9.90 Å². The molecule has 2 atom stereocenters. The molecule has 0 aromatic heterocycles. The minimum atomic E-state index is -0.275. The third-order valence-electron chi connectivity index (χ3n) is 4.70. The van der Waals surface area contributed by atoms with Crippen LogP contribution in [-0.2, 0) is 9.53 Å². The molecule has 0 amide bonds. The highest BCUT2D eigenvalue weighted by atomic mass is 16.5. The van der Waals surface area contributed by atoms with Crippen LogP contribution in [0.5, 0.6) is 0 Å². The van der Waals surface area contributed by atoms with Gasteiger partial charge in [0.1, 0.15) is 5.76 Å². The minimum absolute atomic E-state index is 0.227. The lowest BCUT2D eigenvalue weighted by atomic mass is 9.66. The molecule has 0 radical (unpaired) electrons. The first-order chi connectivity index (χ1) is 8.19. The Balaban J connectivity index is 1.95. The second kappa shape index (κ2) is 4.04. The fraction of sp³-hybridized carbons (Fsp3) is 0.786. The number of carbonyl (C=O) groups is 1. The van der Waals surface area contributed by atoms with Gasteiger partial charge in [0, 0.05) is 5.92 Å². The molecule has 3 heteroatoms. The number of ether oxygens (including phenoxy) is 1. The van der Waals surface area contributed by atoms with Crippen molar-refractivity contribution in [2.45, 2.75) is 39.0 Å². The van der Waals surface area contributed by atoms with Crippen molar-refractivity contribution in [3.05, 3.63) is 11.3 Å². The Morgan fingerprint density at radius 2 is 1.76 bits per heavy atom. The molecular formula is C14H20O3. The van der Waals surface area contributed by atoms with Gasteiger partial charge >= 0.3 is 5.97 Å². The van der Waals surface area contributed by atoms with E-state index in [1.807, 2.05) is 6.92 Å². The predicted molar refractivity (Wildman–Crippen MR) is 63.3 cm³/mol. The minimum Gasteiger partial charge on any atom is -0.511 e. The van der Waals surface area contributed by atoms with Crippen LogP contribution in [0.1, 0.15) is 39.0 Å². The van der Waals surface area contributed by atoms with E-state index < -0.39 is 0 Å². The zero-order valence-corrected chi connectivity index (χ0v) is 10.3. The number of hydrogen-bond donors (Lipinski definition) is 1. The first-order valence-corrected chi connectivity index (χ1v) is 6.79. The normalized spacial score (nSPS) is 39.4. The lowest BCUT2D eigenvalue weighted by Crippen LogP contribution is -2.29. The van der Waals surface area contributed by atoms with E-state index >= 15 is 0 Å². The van der Waals surface area contributed by atoms with Crippen LogP contribution in [-0.4, -0.2) is 17.7 Å². The van der Waals surface area contributed by atoms with Gasteiger partial charge in [0.05, 0.1) is 12.2 Å². The van der Waals surface area contributed by atoms with Gasteiger partial charge < -0.3 is 9.84 Å². The molecule has 0 saturated heterocycles. The molecule has 0 aromatic rings. The Morgan fingerprint density at radius 3 is 2.35 bits per heavy atom. The molecule has 4 aliphatic rings. The van der Waals surface area contributed by atoms with Crippen LogP contribution in [0.25, 0.3) is 0 Å². The Morgan fingerprint density at radius 1 is 1.18 bits per heavy atom. The van der Waals surface area contributed by atoms with E-state index in [-0.39, 0.29) is 17.8 Å². The standard InChI is InChI=1S/C14H20O3/c1-2-17-14(16)12-10-4-8-3-9(5-10)7-11(6-8)13(12)15/h8-11,15H,2-7H2,1H3. The lowest BCUT2D eigenvalue weighted by molar-refractivity contribution is -0.139. The predicted octanol–water partition coefficient (Wildman–Crippen LogP) is 2.82. The number of rotatable bonds is 2. The number of hydrogen-bond acceptors (Lipinski definition) is 3. The SMILES string of the molecule is CCOC(=O)C1=C(O)C2CC3CC(C2)CC1C3. The fourth-order valence-corrected chi connectivity index (χ4v) is 4.22. The molecular weight excluding hydrogens is 216 g/mol. The van der Waals surface area contributed by atoms with Crippen molar-refractivity contribution in [1.82, 2.24) is 0 Å². The molecule has 1 N–H and O–H groups in total. The number of carbonyl (C=O) groups excluding carboxylic acids is 1. The van der Waals surface area contributed by atoms with Crippen molar-refractivity contribution in [3.8, 4) is 0 Å². The van der Waals surface area contributed by atoms with E-state index in [4.69, 9.17) is 4.74 Å². The van der Waals surface area contributed by atoms with E-state index in [2.05, 4.69) is 0 Å². The van der Waals surface area contributed by atoms with Gasteiger partial charge in [-0.3, -0.25) is 0 Å². The highest BCUT2D eigenvalue weighted by Crippen LogP contribution is 2.52. The second-order valence-electron chi connectivity index (χ2n) is 5.82. The molecule has 2 saturated carbocycles. The molecule has 4 rings (SSSR count). The first-order valence-electron chi connectivity index (χ1n) is 6.79. The Bertz CT molecular complexity index is 358. The topological polar surface area (TPSA) is 46.5 Å². The summed E-state index contributed by atoms with van der Waals surface area (Å²) in [5, 5.41) is 10.3. The summed E-state index contributed by atoms with van der Waals surface area (Å²) >= 11 is 0. The second-order valence-corrected chi connectivity index (χ2v) is 5.82. The summed E-state index contributed by atoms with van der Waals surface area (Å²) in [7, 11) is 0. The molecule has 17 heavy (non-hydrogen) atoms. The summed E-state index contributed by atoms with van der Waals surface area (Å²) in [5.41, 5.74) is 0.613. The van der Waals surface area contributed by atoms with Crippen molar-refractivity contribution in [2.75, 3.05) is 6.61 Å². The molecule has 0 spiro atoms. The average Bonchev–Trinajstić information content (AvgIpc) is 2.41. The highest BCUT2D eigenvalue weighted by molar-refractivity contribution is 5.89. The fourth-order valence-electron chi connectivity index (χ4n) is 4.22. The van der Waals surface area contributed by atoms with Gasteiger partial charge in [0.25, 0.3) is 0 Å². The quantitative estimate of drug-likeness (QED) is 0.750. The van der Waals surface area contributed by atoms with Gasteiger partial charge in [-0.2, -0.15) is 0 Å². The first kappa shape index (κ1) is 11.1. The lowest BCUT2D eigenvalue weighted by Gasteiger charge is -2.38. The van der Waals surface area contributed by atoms with Crippen molar-refractivity contribution in [3.63, 3.8) is 0 Å². The van der Waals surface area contributed by atoms with Gasteiger partial charge in [-0.15, -0.1) is 0 Å². The van der Waals surface area contributed by atoms with Gasteiger partial charge in [0.15, 0.2) is 0 Å². The molecule has 0 aliphatic heterocycles. The van der Waals surface area contributed by atoms with Crippen LogP contribution in [0.3, 0.4) is 0 Å². The van der Waals surface area contributed by atoms with Crippen molar-refractivity contribution >= 4 is 5.97 Å². The molecule has 4 bridgehead atoms. The van der Waals surface area contributed by atoms with Crippen LogP contribution in [0.4, 0.5) is 0 Å². The summed E-state index contributed by atoms with van der Waals surface area (Å²) in [6.45, 7) is 2.20. The number of allylic oxidation sites excluding steroid dienone is 1. The van der Waals surface area contributed by atoms with Crippen LogP contribution in [0.15, 0.2) is 11.3 Å². The van der Waals surface area contributed by atoms with E-state index in [1.54, 1.807) is 0 Å². The number of aliphatic hydroxyl groups excluding tert-OH is 1. The Hall–Kier alpha value is -0.990. The van der Waals surface area contributed by atoms with Crippen LogP contribution in [0.2, 0.25) is 0 Å². The average molecular weight is 236 g/mol. The number of aliphatic hydroxyl groups is 1. The molecule has 94 valence electrons. The summed E-state index contributed by atoms with van der Waals surface area (Å²) in [4.78, 5) is 12.0. The molecule has 2 fully saturated rings. The molecule has 0 heterocycles. The van der Waals surface area contributed by atoms with Crippen molar-refractivity contribution < 1.29 is 14.6 Å². The molecule has 3 nitrogen and oxygen atoms in total. The molecule has 0 aromatic carbocycles. The van der Waals surface area contributed by atoms with Crippen molar-refractivity contribution in [1.29, 1.82) is 0 Å². The summed E-state index contributed by atoms with van der Waals surface area (Å²) in [6.07, 6.45) is 5.59. The highest BCUT2D eigenvalue weighted by Gasteiger charge is 2.45. The summed E-state index contributed by atoms with van der Waals surface area (Å²) in [5.74, 6) is 2.00. The third-order valence-corrected chi connectivity index (χ3v) is 4.70. The largest absolute Gasteiger partial charge is 0.511 e. The zero-order valence-electron chi connectivity index (χ0n) is 10.3. The van der Waals surface area contributed by atoms with Gasteiger partial charge in [0.2, 0.25) is 0 Å². The molecule has 2 unspecified atom stereocenters. The monoisotopic (exact) mass is 236 g/mol. The van der Waals surface area contributed by atoms with Crippen LogP contribution in [0, 0.1) is 23.7 Å². The van der Waals surface area contributed by atoms with Gasteiger partial charge in [-0.25, -0.2) is 4.79 Å². The van der Waals surface area contributed by atoms with Crippen LogP contribution < -0.4 is 0 Å². The maximum absolute atomic E-state index is 12.0. The maximum atomic E-state index is 12.0.